The third kappa shape index (κ3) is 5.06. The predicted octanol–water partition coefficient (Wildman–Crippen LogP) is 0.142. The maximum absolute atomic E-state index is 8.15. The molecule has 0 aromatic rings. The fourth-order valence-corrected chi connectivity index (χ4v) is 0.207. The van der Waals surface area contributed by atoms with Crippen molar-refractivity contribution in [3.63, 3.8) is 0 Å². The van der Waals surface area contributed by atoms with Crippen LogP contribution in [-0.2, 0) is 4.74 Å². The Labute approximate surface area is 48.8 Å². The standard InChI is InChI=1S/C6H8O2/c1-2-5-8-6-3-4-7/h1,3,6-7H,4-5H2. The zero-order chi connectivity index (χ0) is 6.24. The van der Waals surface area contributed by atoms with E-state index in [0.717, 1.165) is 0 Å². The molecule has 0 atom stereocenters. The van der Waals surface area contributed by atoms with Gasteiger partial charge in [0.25, 0.3) is 0 Å². The van der Waals surface area contributed by atoms with Gasteiger partial charge in [-0.2, -0.15) is 0 Å². The molecule has 0 aliphatic heterocycles. The van der Waals surface area contributed by atoms with E-state index in [1.165, 1.54) is 12.3 Å². The quantitative estimate of drug-likeness (QED) is 0.320. The summed E-state index contributed by atoms with van der Waals surface area (Å²) < 4.78 is 4.65. The molecule has 0 aliphatic rings. The number of aliphatic hydroxyl groups is 1. The zero-order valence-corrected chi connectivity index (χ0v) is 4.50. The van der Waals surface area contributed by atoms with Crippen LogP contribution in [0.25, 0.3) is 0 Å². The lowest BCUT2D eigenvalue weighted by Gasteiger charge is -1.87. The minimum Gasteiger partial charge on any atom is -0.489 e. The minimum absolute atomic E-state index is 0.00935. The molecular weight excluding hydrogens is 104 g/mol. The van der Waals surface area contributed by atoms with Gasteiger partial charge in [-0.1, -0.05) is 5.92 Å². The largest absolute Gasteiger partial charge is 0.489 e. The fraction of sp³-hybridized carbons (Fsp3) is 0.333. The van der Waals surface area contributed by atoms with E-state index in [0.29, 0.717) is 0 Å². The molecule has 0 aromatic heterocycles. The van der Waals surface area contributed by atoms with Crippen LogP contribution in [0.5, 0.6) is 0 Å². The number of terminal acetylenes is 1. The van der Waals surface area contributed by atoms with Crippen molar-refractivity contribution < 1.29 is 9.84 Å². The predicted molar refractivity (Wildman–Crippen MR) is 31.0 cm³/mol. The Hall–Kier alpha value is -0.940. The molecule has 0 radical (unpaired) electrons. The molecule has 2 nitrogen and oxygen atoms in total. The van der Waals surface area contributed by atoms with Gasteiger partial charge in [-0.05, 0) is 6.08 Å². The first-order valence-electron chi connectivity index (χ1n) is 2.22. The molecule has 0 amide bonds. The highest BCUT2D eigenvalue weighted by atomic mass is 16.5. The van der Waals surface area contributed by atoms with Crippen LogP contribution in [0.2, 0.25) is 0 Å². The second kappa shape index (κ2) is 6.06. The topological polar surface area (TPSA) is 29.5 Å². The first-order chi connectivity index (χ1) is 3.91. The third-order valence-electron chi connectivity index (χ3n) is 0.465. The second-order valence-electron chi connectivity index (χ2n) is 1.07. The van der Waals surface area contributed by atoms with Crippen molar-refractivity contribution in [3.8, 4) is 12.3 Å². The molecule has 0 rings (SSSR count). The van der Waals surface area contributed by atoms with Crippen LogP contribution in [0.4, 0.5) is 0 Å². The number of ether oxygens (including phenoxy) is 1. The highest BCUT2D eigenvalue weighted by Gasteiger charge is 1.68. The SMILES string of the molecule is C#CCOC=CCO. The van der Waals surface area contributed by atoms with Gasteiger partial charge in [0.05, 0.1) is 12.9 Å². The van der Waals surface area contributed by atoms with Gasteiger partial charge in [-0.25, -0.2) is 0 Å². The molecule has 0 heterocycles. The molecule has 0 bridgehead atoms. The third-order valence-corrected chi connectivity index (χ3v) is 0.465. The van der Waals surface area contributed by atoms with E-state index in [1.807, 2.05) is 0 Å². The summed E-state index contributed by atoms with van der Waals surface area (Å²) in [6.07, 6.45) is 7.68. The van der Waals surface area contributed by atoms with Crippen molar-refractivity contribution in [2.45, 2.75) is 0 Å². The molecule has 8 heavy (non-hydrogen) atoms. The molecular formula is C6H8O2. The molecule has 44 valence electrons. The van der Waals surface area contributed by atoms with E-state index >= 15 is 0 Å². The highest BCUT2D eigenvalue weighted by Crippen LogP contribution is 1.73. The molecule has 0 unspecified atom stereocenters. The lowest BCUT2D eigenvalue weighted by Crippen LogP contribution is -1.80. The molecule has 0 aromatic carbocycles. The van der Waals surface area contributed by atoms with Crippen LogP contribution in [-0.4, -0.2) is 18.3 Å². The zero-order valence-electron chi connectivity index (χ0n) is 4.50. The van der Waals surface area contributed by atoms with Crippen molar-refractivity contribution >= 4 is 0 Å². The molecule has 0 fully saturated rings. The molecule has 1 N–H and O–H groups in total. The van der Waals surface area contributed by atoms with Crippen LogP contribution in [0.1, 0.15) is 0 Å². The van der Waals surface area contributed by atoms with Gasteiger partial charge in [0.15, 0.2) is 0 Å². The summed E-state index contributed by atoms with van der Waals surface area (Å²) in [6, 6.07) is 0. The van der Waals surface area contributed by atoms with E-state index in [1.54, 1.807) is 0 Å². The van der Waals surface area contributed by atoms with E-state index < -0.39 is 0 Å². The average Bonchev–Trinajstić information content (AvgIpc) is 1.81. The first-order valence-corrected chi connectivity index (χ1v) is 2.22. The van der Waals surface area contributed by atoms with Crippen LogP contribution in [0.3, 0.4) is 0 Å². The van der Waals surface area contributed by atoms with E-state index in [4.69, 9.17) is 11.5 Å². The summed E-state index contributed by atoms with van der Waals surface area (Å²) in [4.78, 5) is 0. The Morgan fingerprint density at radius 1 is 1.75 bits per heavy atom. The Balaban J connectivity index is 2.94. The summed E-state index contributed by atoms with van der Waals surface area (Å²) in [5, 5.41) is 8.15. The van der Waals surface area contributed by atoms with Crippen molar-refractivity contribution in [3.05, 3.63) is 12.3 Å². The summed E-state index contributed by atoms with van der Waals surface area (Å²) in [5.41, 5.74) is 0. The number of hydrogen-bond acceptors (Lipinski definition) is 2. The van der Waals surface area contributed by atoms with E-state index in [9.17, 15) is 0 Å². The normalized spacial score (nSPS) is 9.00. The average molecular weight is 112 g/mol. The molecule has 0 saturated carbocycles. The maximum Gasteiger partial charge on any atom is 0.147 e. The Bertz CT molecular complexity index is 99.6. The molecule has 0 saturated heterocycles. The Morgan fingerprint density at radius 3 is 3.00 bits per heavy atom. The van der Waals surface area contributed by atoms with Gasteiger partial charge in [-0.3, -0.25) is 0 Å². The molecule has 0 aliphatic carbocycles. The lowest BCUT2D eigenvalue weighted by molar-refractivity contribution is 0.285. The van der Waals surface area contributed by atoms with Gasteiger partial charge in [0.2, 0.25) is 0 Å². The van der Waals surface area contributed by atoms with E-state index in [-0.39, 0.29) is 13.2 Å². The van der Waals surface area contributed by atoms with Crippen LogP contribution in [0.15, 0.2) is 12.3 Å². The van der Waals surface area contributed by atoms with Crippen molar-refractivity contribution in [1.82, 2.24) is 0 Å². The highest BCUT2D eigenvalue weighted by molar-refractivity contribution is 4.84. The smallest absolute Gasteiger partial charge is 0.147 e. The maximum atomic E-state index is 8.15. The lowest BCUT2D eigenvalue weighted by atomic mass is 10.7. The van der Waals surface area contributed by atoms with Crippen LogP contribution in [0, 0.1) is 12.3 Å². The minimum atomic E-state index is -0.00935. The summed E-state index contributed by atoms with van der Waals surface area (Å²) in [5.74, 6) is 2.27. The van der Waals surface area contributed by atoms with Crippen molar-refractivity contribution in [2.24, 2.45) is 0 Å². The van der Waals surface area contributed by atoms with Gasteiger partial charge < -0.3 is 9.84 Å². The monoisotopic (exact) mass is 112 g/mol. The Morgan fingerprint density at radius 2 is 2.50 bits per heavy atom. The number of rotatable bonds is 3. The van der Waals surface area contributed by atoms with Crippen molar-refractivity contribution in [2.75, 3.05) is 13.2 Å². The molecule has 0 spiro atoms. The summed E-state index contributed by atoms with van der Waals surface area (Å²) >= 11 is 0. The second-order valence-corrected chi connectivity index (χ2v) is 1.07. The number of aliphatic hydroxyl groups excluding tert-OH is 1. The van der Waals surface area contributed by atoms with Crippen LogP contribution >= 0.6 is 0 Å². The molecule has 2 heteroatoms. The fourth-order valence-electron chi connectivity index (χ4n) is 0.207. The Kier molecular flexibility index (Phi) is 5.35. The first kappa shape index (κ1) is 7.06. The van der Waals surface area contributed by atoms with Gasteiger partial charge >= 0.3 is 0 Å². The number of hydrogen-bond donors (Lipinski definition) is 1. The van der Waals surface area contributed by atoms with Crippen molar-refractivity contribution in [1.29, 1.82) is 0 Å². The van der Waals surface area contributed by atoms with Gasteiger partial charge in [-0.15, -0.1) is 6.42 Å². The van der Waals surface area contributed by atoms with Gasteiger partial charge in [0, 0.05) is 0 Å². The summed E-state index contributed by atoms with van der Waals surface area (Å²) in [6.45, 7) is 0.251. The van der Waals surface area contributed by atoms with Crippen LogP contribution < -0.4 is 0 Å². The van der Waals surface area contributed by atoms with Gasteiger partial charge in [0.1, 0.15) is 6.61 Å². The summed E-state index contributed by atoms with van der Waals surface area (Å²) in [7, 11) is 0. The van der Waals surface area contributed by atoms with E-state index in [2.05, 4.69) is 10.7 Å².